The molecule has 17 heavy (non-hydrogen) atoms. The van der Waals surface area contributed by atoms with Crippen LogP contribution in [0.2, 0.25) is 0 Å². The van der Waals surface area contributed by atoms with Crippen LogP contribution in [0.5, 0.6) is 17.2 Å². The smallest absolute Gasteiger partial charge is 0.335 e. The molecule has 86 valence electrons. The highest BCUT2D eigenvalue weighted by atomic mass is 16.5. The molecule has 2 aromatic carbocycles. The van der Waals surface area contributed by atoms with E-state index in [1.165, 1.54) is 18.2 Å². The number of rotatable bonds is 2. The van der Waals surface area contributed by atoms with E-state index < -0.39 is 5.97 Å². The van der Waals surface area contributed by atoms with Crippen molar-refractivity contribution in [3.05, 3.63) is 43.0 Å². The van der Waals surface area contributed by atoms with Crippen LogP contribution < -0.4 is 4.74 Å². The van der Waals surface area contributed by atoms with Gasteiger partial charge in [-0.1, -0.05) is 18.7 Å². The van der Waals surface area contributed by atoms with Crippen LogP contribution in [-0.2, 0) is 4.79 Å². The van der Waals surface area contributed by atoms with Crippen molar-refractivity contribution in [2.45, 2.75) is 0 Å². The second kappa shape index (κ2) is 4.17. The van der Waals surface area contributed by atoms with Crippen LogP contribution >= 0.6 is 0 Å². The molecule has 2 rings (SSSR count). The van der Waals surface area contributed by atoms with Gasteiger partial charge < -0.3 is 14.9 Å². The normalized spacial score (nSPS) is 10.1. The van der Waals surface area contributed by atoms with Crippen molar-refractivity contribution in [1.82, 2.24) is 0 Å². The lowest BCUT2D eigenvalue weighted by molar-refractivity contribution is -0.128. The maximum Gasteiger partial charge on any atom is 0.335 e. The SMILES string of the molecule is C=CC(=O)Oc1cc(O)cc2cccc(O)c12. The molecule has 0 amide bonds. The largest absolute Gasteiger partial charge is 0.508 e. The summed E-state index contributed by atoms with van der Waals surface area (Å²) >= 11 is 0. The maximum atomic E-state index is 11.1. The van der Waals surface area contributed by atoms with Gasteiger partial charge in [0.2, 0.25) is 0 Å². The van der Waals surface area contributed by atoms with Gasteiger partial charge in [0, 0.05) is 12.1 Å². The van der Waals surface area contributed by atoms with Gasteiger partial charge in [0.05, 0.1) is 5.39 Å². The van der Waals surface area contributed by atoms with E-state index in [9.17, 15) is 15.0 Å². The predicted molar refractivity (Wildman–Crippen MR) is 63.1 cm³/mol. The topological polar surface area (TPSA) is 66.8 Å². The van der Waals surface area contributed by atoms with Gasteiger partial charge in [-0.05, 0) is 17.5 Å². The first-order chi connectivity index (χ1) is 8.11. The summed E-state index contributed by atoms with van der Waals surface area (Å²) in [6.45, 7) is 3.28. The number of hydrogen-bond acceptors (Lipinski definition) is 4. The molecule has 0 bridgehead atoms. The Morgan fingerprint density at radius 3 is 2.76 bits per heavy atom. The van der Waals surface area contributed by atoms with Crippen molar-refractivity contribution >= 4 is 16.7 Å². The van der Waals surface area contributed by atoms with Crippen molar-refractivity contribution in [3.63, 3.8) is 0 Å². The molecule has 0 saturated heterocycles. The van der Waals surface area contributed by atoms with Crippen LogP contribution in [-0.4, -0.2) is 16.2 Å². The lowest BCUT2D eigenvalue weighted by Gasteiger charge is -2.08. The van der Waals surface area contributed by atoms with Crippen LogP contribution in [0, 0.1) is 0 Å². The lowest BCUT2D eigenvalue weighted by atomic mass is 10.1. The molecule has 4 nitrogen and oxygen atoms in total. The third-order valence-electron chi connectivity index (χ3n) is 2.28. The first-order valence-electron chi connectivity index (χ1n) is 4.91. The van der Waals surface area contributed by atoms with Gasteiger partial charge in [-0.15, -0.1) is 0 Å². The number of carbonyl (C=O) groups is 1. The number of carbonyl (C=O) groups excluding carboxylic acids is 1. The van der Waals surface area contributed by atoms with E-state index in [4.69, 9.17) is 4.74 Å². The molecule has 0 aromatic heterocycles. The quantitative estimate of drug-likeness (QED) is 0.472. The van der Waals surface area contributed by atoms with Crippen molar-refractivity contribution in [2.75, 3.05) is 0 Å². The molecule has 0 fully saturated rings. The third kappa shape index (κ3) is 2.06. The van der Waals surface area contributed by atoms with Gasteiger partial charge in [0.1, 0.15) is 17.2 Å². The highest BCUT2D eigenvalue weighted by molar-refractivity contribution is 5.97. The molecule has 0 radical (unpaired) electrons. The fourth-order valence-corrected chi connectivity index (χ4v) is 1.58. The maximum absolute atomic E-state index is 11.1. The van der Waals surface area contributed by atoms with Crippen LogP contribution in [0.25, 0.3) is 10.8 Å². The number of fused-ring (bicyclic) bond motifs is 1. The summed E-state index contributed by atoms with van der Waals surface area (Å²) in [7, 11) is 0. The number of phenols is 2. The average molecular weight is 230 g/mol. The van der Waals surface area contributed by atoms with Gasteiger partial charge in [0.25, 0.3) is 0 Å². The predicted octanol–water partition coefficient (Wildman–Crippen LogP) is 2.34. The lowest BCUT2D eigenvalue weighted by Crippen LogP contribution is -2.03. The summed E-state index contributed by atoms with van der Waals surface area (Å²) in [6, 6.07) is 7.55. The van der Waals surface area contributed by atoms with E-state index in [2.05, 4.69) is 6.58 Å². The summed E-state index contributed by atoms with van der Waals surface area (Å²) in [5.74, 6) is -0.618. The second-order valence-electron chi connectivity index (χ2n) is 3.44. The number of ether oxygens (including phenoxy) is 1. The Balaban J connectivity index is 2.67. The first kappa shape index (κ1) is 11.0. The highest BCUT2D eigenvalue weighted by Crippen LogP contribution is 2.36. The molecule has 0 aliphatic heterocycles. The minimum Gasteiger partial charge on any atom is -0.508 e. The second-order valence-corrected chi connectivity index (χ2v) is 3.44. The Kier molecular flexibility index (Phi) is 2.70. The Labute approximate surface area is 97.4 Å². The molecule has 0 spiro atoms. The van der Waals surface area contributed by atoms with Gasteiger partial charge in [-0.25, -0.2) is 4.79 Å². The van der Waals surface area contributed by atoms with Crippen molar-refractivity contribution < 1.29 is 19.7 Å². The summed E-state index contributed by atoms with van der Waals surface area (Å²) in [6.07, 6.45) is 1.01. The number of esters is 1. The Morgan fingerprint density at radius 1 is 1.29 bits per heavy atom. The van der Waals surface area contributed by atoms with E-state index in [1.807, 2.05) is 0 Å². The molecule has 0 aliphatic carbocycles. The summed E-state index contributed by atoms with van der Waals surface area (Å²) < 4.78 is 4.96. The zero-order valence-corrected chi connectivity index (χ0v) is 8.88. The Hall–Kier alpha value is -2.49. The van der Waals surface area contributed by atoms with Gasteiger partial charge in [0.15, 0.2) is 0 Å². The van der Waals surface area contributed by atoms with Crippen LogP contribution in [0.3, 0.4) is 0 Å². The minimum atomic E-state index is -0.653. The van der Waals surface area contributed by atoms with Gasteiger partial charge >= 0.3 is 5.97 Å². The fraction of sp³-hybridized carbons (Fsp3) is 0. The summed E-state index contributed by atoms with van der Waals surface area (Å²) in [5, 5.41) is 20.2. The standard InChI is InChI=1S/C13H10O4/c1-2-12(16)17-11-7-9(14)6-8-4-3-5-10(15)13(8)11/h2-7,14-15H,1H2. The molecule has 2 aromatic rings. The number of hydrogen-bond donors (Lipinski definition) is 2. The van der Waals surface area contributed by atoms with E-state index in [0.29, 0.717) is 10.8 Å². The fourth-order valence-electron chi connectivity index (χ4n) is 1.58. The number of aromatic hydroxyl groups is 2. The number of phenolic OH excluding ortho intramolecular Hbond substituents is 2. The highest BCUT2D eigenvalue weighted by Gasteiger charge is 2.11. The average Bonchev–Trinajstić information content (AvgIpc) is 2.28. The Morgan fingerprint density at radius 2 is 2.06 bits per heavy atom. The third-order valence-corrected chi connectivity index (χ3v) is 2.28. The van der Waals surface area contributed by atoms with Crippen LogP contribution in [0.4, 0.5) is 0 Å². The number of benzene rings is 2. The Bertz CT molecular complexity index is 602. The zero-order valence-electron chi connectivity index (χ0n) is 8.88. The molecule has 2 N–H and O–H groups in total. The van der Waals surface area contributed by atoms with Crippen molar-refractivity contribution in [2.24, 2.45) is 0 Å². The van der Waals surface area contributed by atoms with E-state index >= 15 is 0 Å². The molecule has 0 saturated carbocycles. The summed E-state index contributed by atoms with van der Waals surface area (Å²) in [5.41, 5.74) is 0. The van der Waals surface area contributed by atoms with Crippen LogP contribution in [0.15, 0.2) is 43.0 Å². The molecule has 0 aliphatic rings. The van der Waals surface area contributed by atoms with E-state index in [-0.39, 0.29) is 17.2 Å². The van der Waals surface area contributed by atoms with Crippen LogP contribution in [0.1, 0.15) is 0 Å². The van der Waals surface area contributed by atoms with E-state index in [0.717, 1.165) is 6.08 Å². The van der Waals surface area contributed by atoms with E-state index in [1.54, 1.807) is 12.1 Å². The molecule has 0 heterocycles. The van der Waals surface area contributed by atoms with Gasteiger partial charge in [-0.2, -0.15) is 0 Å². The minimum absolute atomic E-state index is 0.0191. The van der Waals surface area contributed by atoms with Gasteiger partial charge in [-0.3, -0.25) is 0 Å². The monoisotopic (exact) mass is 230 g/mol. The first-order valence-corrected chi connectivity index (χ1v) is 4.91. The molecular weight excluding hydrogens is 220 g/mol. The molecule has 0 atom stereocenters. The molecule has 0 unspecified atom stereocenters. The molecule has 4 heteroatoms. The molecular formula is C13H10O4. The zero-order chi connectivity index (χ0) is 12.4. The summed E-state index contributed by atoms with van der Waals surface area (Å²) in [4.78, 5) is 11.1. The van der Waals surface area contributed by atoms with Crippen molar-refractivity contribution in [1.29, 1.82) is 0 Å². The van der Waals surface area contributed by atoms with Crippen molar-refractivity contribution in [3.8, 4) is 17.2 Å².